The fourth-order valence-electron chi connectivity index (χ4n) is 0.665. The Labute approximate surface area is 81.2 Å². The molecule has 1 rings (SSSR count). The van der Waals surface area contributed by atoms with E-state index in [2.05, 4.69) is 20.9 Å². The highest BCUT2D eigenvalue weighted by Gasteiger charge is 2.09. The molecule has 0 amide bonds. The van der Waals surface area contributed by atoms with Gasteiger partial charge in [-0.1, -0.05) is 11.6 Å². The normalized spacial score (nSPS) is 9.25. The molecule has 0 radical (unpaired) electrons. The van der Waals surface area contributed by atoms with Gasteiger partial charge in [-0.25, -0.2) is 9.18 Å². The van der Waals surface area contributed by atoms with Crippen LogP contribution in [0.25, 0.3) is 0 Å². The van der Waals surface area contributed by atoms with Gasteiger partial charge in [-0.3, -0.25) is 0 Å². The van der Waals surface area contributed by atoms with Gasteiger partial charge in [0.15, 0.2) is 5.82 Å². The van der Waals surface area contributed by atoms with Crippen molar-refractivity contribution in [3.8, 4) is 0 Å². The molecule has 0 saturated carbocycles. The first kappa shape index (κ1) is 9.39. The second-order valence-electron chi connectivity index (χ2n) is 1.89. The molecule has 1 aromatic carbocycles. The molecule has 0 spiro atoms. The fraction of sp³-hybridized carbons (Fsp3) is 0. The van der Waals surface area contributed by atoms with Gasteiger partial charge in [0, 0.05) is 4.47 Å². The molecular weight excluding hydrogens is 248 g/mol. The molecule has 0 saturated heterocycles. The van der Waals surface area contributed by atoms with Gasteiger partial charge in [0.05, 0.1) is 5.02 Å². The Kier molecular flexibility index (Phi) is 2.98. The minimum atomic E-state index is -0.727. The summed E-state index contributed by atoms with van der Waals surface area (Å²) in [5.74, 6) is -0.727. The number of halogens is 3. The highest BCUT2D eigenvalue weighted by Crippen LogP contribution is 2.32. The van der Waals surface area contributed by atoms with Crippen molar-refractivity contribution in [1.29, 1.82) is 0 Å². The van der Waals surface area contributed by atoms with Crippen LogP contribution >= 0.6 is 27.5 Å². The van der Waals surface area contributed by atoms with E-state index < -0.39 is 5.82 Å². The van der Waals surface area contributed by atoms with Gasteiger partial charge in [-0.05, 0) is 28.1 Å². The summed E-state index contributed by atoms with van der Waals surface area (Å²) in [5, 5.41) is -0.0767. The van der Waals surface area contributed by atoms with Crippen LogP contribution in [-0.4, -0.2) is 6.08 Å². The smallest absolute Gasteiger partial charge is 0.211 e. The predicted octanol–water partition coefficient (Wildman–Crippen LogP) is 3.21. The highest BCUT2D eigenvalue weighted by molar-refractivity contribution is 9.10. The van der Waals surface area contributed by atoms with E-state index in [1.807, 2.05) is 0 Å². The SMILES string of the molecule is O=C=Nc1c(Br)ccc(Cl)c1F. The quantitative estimate of drug-likeness (QED) is 0.427. The maximum atomic E-state index is 13.0. The Hall–Kier alpha value is -0.700. The summed E-state index contributed by atoms with van der Waals surface area (Å²) in [6, 6.07) is 2.87. The van der Waals surface area contributed by atoms with Crippen LogP contribution in [0.5, 0.6) is 0 Å². The lowest BCUT2D eigenvalue weighted by molar-refractivity contribution is 0.564. The zero-order valence-corrected chi connectivity index (χ0v) is 7.99. The molecule has 12 heavy (non-hydrogen) atoms. The molecule has 62 valence electrons. The van der Waals surface area contributed by atoms with Crippen LogP contribution in [0.3, 0.4) is 0 Å². The maximum absolute atomic E-state index is 13.0. The molecule has 0 atom stereocenters. The van der Waals surface area contributed by atoms with Crippen molar-refractivity contribution in [2.45, 2.75) is 0 Å². The summed E-state index contributed by atoms with van der Waals surface area (Å²) in [6.45, 7) is 0. The number of isocyanates is 1. The van der Waals surface area contributed by atoms with Crippen molar-refractivity contribution in [2.75, 3.05) is 0 Å². The van der Waals surface area contributed by atoms with Gasteiger partial charge >= 0.3 is 0 Å². The molecule has 0 aliphatic rings. The zero-order chi connectivity index (χ0) is 9.14. The Bertz CT molecular complexity index is 363. The van der Waals surface area contributed by atoms with Crippen molar-refractivity contribution in [2.24, 2.45) is 4.99 Å². The van der Waals surface area contributed by atoms with Crippen LogP contribution in [0.1, 0.15) is 0 Å². The number of hydrogen-bond acceptors (Lipinski definition) is 2. The van der Waals surface area contributed by atoms with E-state index >= 15 is 0 Å². The minimum Gasteiger partial charge on any atom is -0.211 e. The van der Waals surface area contributed by atoms with Crippen molar-refractivity contribution in [1.82, 2.24) is 0 Å². The van der Waals surface area contributed by atoms with Gasteiger partial charge in [0.25, 0.3) is 0 Å². The maximum Gasteiger partial charge on any atom is 0.240 e. The number of rotatable bonds is 1. The first-order valence-electron chi connectivity index (χ1n) is 2.88. The molecule has 0 fully saturated rings. The van der Waals surface area contributed by atoms with E-state index in [0.717, 1.165) is 0 Å². The number of carbonyl (C=O) groups excluding carboxylic acids is 1. The number of hydrogen-bond donors (Lipinski definition) is 0. The summed E-state index contributed by atoms with van der Waals surface area (Å²) < 4.78 is 13.4. The molecule has 1 aromatic rings. The second kappa shape index (κ2) is 3.81. The summed E-state index contributed by atoms with van der Waals surface area (Å²) in [4.78, 5) is 13.0. The molecular formula is C7H2BrClFNO. The molecule has 2 nitrogen and oxygen atoms in total. The number of nitrogens with zero attached hydrogens (tertiary/aromatic N) is 1. The van der Waals surface area contributed by atoms with E-state index in [0.29, 0.717) is 4.47 Å². The molecule has 0 aromatic heterocycles. The third kappa shape index (κ3) is 1.72. The Morgan fingerprint density at radius 2 is 2.25 bits per heavy atom. The topological polar surface area (TPSA) is 29.4 Å². The Morgan fingerprint density at radius 3 is 2.83 bits per heavy atom. The lowest BCUT2D eigenvalue weighted by Crippen LogP contribution is -1.79. The summed E-state index contributed by atoms with van der Waals surface area (Å²) in [7, 11) is 0. The second-order valence-corrected chi connectivity index (χ2v) is 3.16. The average Bonchev–Trinajstić information content (AvgIpc) is 2.06. The summed E-state index contributed by atoms with van der Waals surface area (Å²) in [6.07, 6.45) is 1.24. The highest BCUT2D eigenvalue weighted by atomic mass is 79.9. The largest absolute Gasteiger partial charge is 0.240 e. The van der Waals surface area contributed by atoms with E-state index in [9.17, 15) is 9.18 Å². The molecule has 0 bridgehead atoms. The van der Waals surface area contributed by atoms with Crippen LogP contribution in [0.4, 0.5) is 10.1 Å². The van der Waals surface area contributed by atoms with Crippen molar-refractivity contribution >= 4 is 39.3 Å². The van der Waals surface area contributed by atoms with Gasteiger partial charge in [0.2, 0.25) is 6.08 Å². The molecule has 0 aliphatic carbocycles. The molecule has 0 N–H and O–H groups in total. The van der Waals surface area contributed by atoms with Gasteiger partial charge in [-0.15, -0.1) is 0 Å². The molecule has 0 unspecified atom stereocenters. The Morgan fingerprint density at radius 1 is 1.58 bits per heavy atom. The average molecular weight is 250 g/mol. The van der Waals surface area contributed by atoms with Gasteiger partial charge in [-0.2, -0.15) is 4.99 Å². The van der Waals surface area contributed by atoms with Crippen LogP contribution < -0.4 is 0 Å². The van der Waals surface area contributed by atoms with Crippen molar-refractivity contribution < 1.29 is 9.18 Å². The first-order chi connectivity index (χ1) is 5.66. The van der Waals surface area contributed by atoms with Crippen LogP contribution in [0.2, 0.25) is 5.02 Å². The minimum absolute atomic E-state index is 0.0767. The third-order valence-corrected chi connectivity index (χ3v) is 2.11. The molecule has 0 heterocycles. The van der Waals surface area contributed by atoms with E-state index in [1.54, 1.807) is 0 Å². The van der Waals surface area contributed by atoms with Gasteiger partial charge in [0.1, 0.15) is 5.69 Å². The molecule has 0 aliphatic heterocycles. The first-order valence-corrected chi connectivity index (χ1v) is 4.05. The standard InChI is InChI=1S/C7H2BrClFNO/c8-4-1-2-5(9)6(10)7(4)11-3-12/h1-2H. The monoisotopic (exact) mass is 249 g/mol. The van der Waals surface area contributed by atoms with Crippen LogP contribution in [0, 0.1) is 5.82 Å². The number of aliphatic imine (C=N–C) groups is 1. The van der Waals surface area contributed by atoms with Crippen LogP contribution in [0.15, 0.2) is 21.6 Å². The van der Waals surface area contributed by atoms with E-state index in [4.69, 9.17) is 11.6 Å². The lowest BCUT2D eigenvalue weighted by Gasteiger charge is -1.98. The summed E-state index contributed by atoms with van der Waals surface area (Å²) in [5.41, 5.74) is -0.127. The third-order valence-electron chi connectivity index (χ3n) is 1.18. The fourth-order valence-corrected chi connectivity index (χ4v) is 1.21. The van der Waals surface area contributed by atoms with Gasteiger partial charge < -0.3 is 0 Å². The van der Waals surface area contributed by atoms with E-state index in [1.165, 1.54) is 18.2 Å². The number of benzene rings is 1. The predicted molar refractivity (Wildman–Crippen MR) is 46.9 cm³/mol. The zero-order valence-electron chi connectivity index (χ0n) is 5.64. The lowest BCUT2D eigenvalue weighted by atomic mass is 10.3. The van der Waals surface area contributed by atoms with E-state index in [-0.39, 0.29) is 10.7 Å². The molecule has 5 heteroatoms. The van der Waals surface area contributed by atoms with Crippen LogP contribution in [-0.2, 0) is 4.79 Å². The van der Waals surface area contributed by atoms with Crippen molar-refractivity contribution in [3.05, 3.63) is 27.4 Å². The summed E-state index contributed by atoms with van der Waals surface area (Å²) >= 11 is 8.45. The Balaban J connectivity index is 3.42. The van der Waals surface area contributed by atoms with Crippen molar-refractivity contribution in [3.63, 3.8) is 0 Å².